The van der Waals surface area contributed by atoms with Crippen LogP contribution < -0.4 is 15.8 Å². The van der Waals surface area contributed by atoms with Crippen LogP contribution in [0.3, 0.4) is 0 Å². The highest BCUT2D eigenvalue weighted by Gasteiger charge is 2.08. The third-order valence-corrected chi connectivity index (χ3v) is 2.74. The first-order valence-corrected chi connectivity index (χ1v) is 5.87. The van der Waals surface area contributed by atoms with Gasteiger partial charge in [-0.05, 0) is 11.6 Å². The smallest absolute Gasteiger partial charge is 0.271 e. The van der Waals surface area contributed by atoms with Crippen LogP contribution in [-0.2, 0) is 6.54 Å². The molecular weight excluding hydrogens is 260 g/mol. The van der Waals surface area contributed by atoms with Crippen molar-refractivity contribution in [2.45, 2.75) is 6.54 Å². The molecule has 1 heterocycles. The zero-order valence-corrected chi connectivity index (χ0v) is 10.9. The number of nitrogens with two attached hydrogens (primary N) is 1. The van der Waals surface area contributed by atoms with Crippen LogP contribution in [-0.4, -0.2) is 17.0 Å². The first-order valence-electron chi connectivity index (χ1n) is 5.87. The molecule has 0 fully saturated rings. The van der Waals surface area contributed by atoms with E-state index in [2.05, 4.69) is 10.3 Å². The number of methoxy groups -OCH3 is 1. The number of pyridine rings is 1. The fourth-order valence-electron chi connectivity index (χ4n) is 1.66. The quantitative estimate of drug-likeness (QED) is 0.492. The van der Waals surface area contributed by atoms with Crippen molar-refractivity contribution in [3.8, 4) is 5.88 Å². The van der Waals surface area contributed by atoms with Crippen LogP contribution in [0, 0.1) is 10.1 Å². The molecule has 0 aliphatic carbocycles. The normalized spacial score (nSPS) is 10.1. The number of nitrogens with zero attached hydrogens (tertiary/aromatic N) is 2. The highest BCUT2D eigenvalue weighted by molar-refractivity contribution is 5.69. The first kappa shape index (κ1) is 13.6. The van der Waals surface area contributed by atoms with E-state index in [1.807, 2.05) is 6.07 Å². The van der Waals surface area contributed by atoms with Gasteiger partial charge in [0.2, 0.25) is 5.88 Å². The number of aromatic nitrogens is 1. The number of nitrogen functional groups attached to an aromatic ring is 1. The Morgan fingerprint density at radius 2 is 2.20 bits per heavy atom. The topological polar surface area (TPSA) is 103 Å². The molecule has 104 valence electrons. The molecule has 0 aliphatic rings. The Morgan fingerprint density at radius 1 is 1.40 bits per heavy atom. The van der Waals surface area contributed by atoms with E-state index in [0.717, 1.165) is 5.56 Å². The molecule has 0 saturated carbocycles. The summed E-state index contributed by atoms with van der Waals surface area (Å²) in [6, 6.07) is 7.96. The molecule has 2 aromatic rings. The molecule has 0 aliphatic heterocycles. The van der Waals surface area contributed by atoms with Crippen molar-refractivity contribution in [1.29, 1.82) is 0 Å². The Kier molecular flexibility index (Phi) is 3.99. The molecule has 0 radical (unpaired) electrons. The van der Waals surface area contributed by atoms with E-state index >= 15 is 0 Å². The molecule has 7 nitrogen and oxygen atoms in total. The second-order valence-corrected chi connectivity index (χ2v) is 4.09. The van der Waals surface area contributed by atoms with Gasteiger partial charge >= 0.3 is 0 Å². The zero-order chi connectivity index (χ0) is 14.5. The van der Waals surface area contributed by atoms with Gasteiger partial charge in [-0.25, -0.2) is 4.98 Å². The van der Waals surface area contributed by atoms with Crippen LogP contribution in [0.25, 0.3) is 0 Å². The van der Waals surface area contributed by atoms with Crippen LogP contribution in [0.2, 0.25) is 0 Å². The minimum Gasteiger partial charge on any atom is -0.481 e. The van der Waals surface area contributed by atoms with E-state index in [9.17, 15) is 10.1 Å². The Hall–Kier alpha value is -2.83. The molecule has 0 spiro atoms. The summed E-state index contributed by atoms with van der Waals surface area (Å²) < 4.78 is 4.97. The lowest BCUT2D eigenvalue weighted by Crippen LogP contribution is -2.03. The Bertz CT molecular complexity index is 614. The Morgan fingerprint density at radius 3 is 2.75 bits per heavy atom. The summed E-state index contributed by atoms with van der Waals surface area (Å²) in [5.41, 5.74) is 7.66. The molecule has 0 atom stereocenters. The minimum absolute atomic E-state index is 0.0286. The van der Waals surface area contributed by atoms with E-state index in [-0.39, 0.29) is 5.69 Å². The summed E-state index contributed by atoms with van der Waals surface area (Å²) in [6.07, 6.45) is 1.69. The van der Waals surface area contributed by atoms with Gasteiger partial charge in [-0.1, -0.05) is 6.07 Å². The molecule has 7 heteroatoms. The standard InChI is InChI=1S/C13H14N4O3/c1-20-13-5-2-9(8-16-13)7-15-12-4-3-10(17(18)19)6-11(12)14/h2-6,8,15H,7,14H2,1H3. The maximum absolute atomic E-state index is 10.6. The Balaban J connectivity index is 2.04. The molecule has 1 aromatic heterocycles. The van der Waals surface area contributed by atoms with Crippen LogP contribution in [0.15, 0.2) is 36.5 Å². The number of nitrogens with one attached hydrogen (secondary N) is 1. The summed E-state index contributed by atoms with van der Waals surface area (Å²) in [7, 11) is 1.55. The van der Waals surface area contributed by atoms with Gasteiger partial charge in [0.1, 0.15) is 0 Å². The second kappa shape index (κ2) is 5.87. The largest absolute Gasteiger partial charge is 0.481 e. The molecule has 0 amide bonds. The molecule has 20 heavy (non-hydrogen) atoms. The predicted molar refractivity (Wildman–Crippen MR) is 75.6 cm³/mol. The molecule has 0 saturated heterocycles. The summed E-state index contributed by atoms with van der Waals surface area (Å²) in [5.74, 6) is 0.545. The lowest BCUT2D eigenvalue weighted by Gasteiger charge is -2.09. The van der Waals surface area contributed by atoms with Gasteiger partial charge in [-0.2, -0.15) is 0 Å². The summed E-state index contributed by atoms with van der Waals surface area (Å²) in [6.45, 7) is 0.513. The SMILES string of the molecule is COc1ccc(CNc2ccc([N+](=O)[O-])cc2N)cn1. The van der Waals surface area contributed by atoms with E-state index < -0.39 is 4.92 Å². The van der Waals surface area contributed by atoms with Crippen molar-refractivity contribution in [3.63, 3.8) is 0 Å². The van der Waals surface area contributed by atoms with Crippen molar-refractivity contribution in [2.24, 2.45) is 0 Å². The second-order valence-electron chi connectivity index (χ2n) is 4.09. The number of benzene rings is 1. The molecule has 2 rings (SSSR count). The summed E-state index contributed by atoms with van der Waals surface area (Å²) in [4.78, 5) is 14.2. The number of non-ortho nitro benzene ring substituents is 1. The number of nitro groups is 1. The molecule has 0 bridgehead atoms. The number of hydrogen-bond acceptors (Lipinski definition) is 6. The van der Waals surface area contributed by atoms with Gasteiger partial charge in [0.25, 0.3) is 5.69 Å². The predicted octanol–water partition coefficient (Wildman–Crippen LogP) is 2.19. The van der Waals surface area contributed by atoms with E-state index in [1.54, 1.807) is 25.4 Å². The number of ether oxygens (including phenoxy) is 1. The van der Waals surface area contributed by atoms with Crippen molar-refractivity contribution < 1.29 is 9.66 Å². The Labute approximate surface area is 115 Å². The maximum Gasteiger partial charge on any atom is 0.271 e. The lowest BCUT2D eigenvalue weighted by molar-refractivity contribution is -0.384. The van der Waals surface area contributed by atoms with Gasteiger partial charge in [0.15, 0.2) is 0 Å². The average molecular weight is 274 g/mol. The van der Waals surface area contributed by atoms with Crippen LogP contribution in [0.4, 0.5) is 17.1 Å². The summed E-state index contributed by atoms with van der Waals surface area (Å²) in [5, 5.41) is 13.7. The van der Waals surface area contributed by atoms with Gasteiger partial charge in [-0.15, -0.1) is 0 Å². The molecule has 3 N–H and O–H groups in total. The molecule has 1 aromatic carbocycles. The number of anilines is 2. The highest BCUT2D eigenvalue weighted by Crippen LogP contribution is 2.24. The van der Waals surface area contributed by atoms with Gasteiger partial charge in [0, 0.05) is 30.9 Å². The number of nitro benzene ring substituents is 1. The van der Waals surface area contributed by atoms with Gasteiger partial charge < -0.3 is 15.8 Å². The summed E-state index contributed by atoms with van der Waals surface area (Å²) >= 11 is 0. The zero-order valence-electron chi connectivity index (χ0n) is 10.9. The van der Waals surface area contributed by atoms with Crippen molar-refractivity contribution in [2.75, 3.05) is 18.2 Å². The van der Waals surface area contributed by atoms with Crippen molar-refractivity contribution in [1.82, 2.24) is 4.98 Å². The lowest BCUT2D eigenvalue weighted by atomic mass is 10.2. The fourth-order valence-corrected chi connectivity index (χ4v) is 1.66. The minimum atomic E-state index is -0.479. The van der Waals surface area contributed by atoms with Gasteiger partial charge in [0.05, 0.1) is 23.4 Å². The highest BCUT2D eigenvalue weighted by atomic mass is 16.6. The third-order valence-electron chi connectivity index (χ3n) is 2.74. The maximum atomic E-state index is 10.6. The molecular formula is C13H14N4O3. The monoisotopic (exact) mass is 274 g/mol. The van der Waals surface area contributed by atoms with Crippen LogP contribution in [0.5, 0.6) is 5.88 Å². The third kappa shape index (κ3) is 3.14. The van der Waals surface area contributed by atoms with E-state index in [0.29, 0.717) is 23.8 Å². The first-order chi connectivity index (χ1) is 9.60. The number of rotatable bonds is 5. The van der Waals surface area contributed by atoms with Crippen LogP contribution in [0.1, 0.15) is 5.56 Å². The van der Waals surface area contributed by atoms with Crippen LogP contribution >= 0.6 is 0 Å². The number of hydrogen-bond donors (Lipinski definition) is 2. The average Bonchev–Trinajstić information content (AvgIpc) is 2.46. The fraction of sp³-hybridized carbons (Fsp3) is 0.154. The van der Waals surface area contributed by atoms with E-state index in [4.69, 9.17) is 10.5 Å². The van der Waals surface area contributed by atoms with Crippen molar-refractivity contribution in [3.05, 3.63) is 52.2 Å². The van der Waals surface area contributed by atoms with Crippen molar-refractivity contribution >= 4 is 17.1 Å². The molecule has 0 unspecified atom stereocenters. The van der Waals surface area contributed by atoms with E-state index in [1.165, 1.54) is 12.1 Å². The van der Waals surface area contributed by atoms with Gasteiger partial charge in [-0.3, -0.25) is 10.1 Å².